The van der Waals surface area contributed by atoms with Crippen molar-refractivity contribution in [1.82, 2.24) is 40.8 Å². The van der Waals surface area contributed by atoms with Crippen LogP contribution in [0.15, 0.2) is 36.5 Å². The predicted molar refractivity (Wildman–Crippen MR) is 125 cm³/mol. The molecule has 32 heavy (non-hydrogen) atoms. The molecule has 1 aromatic carbocycles. The summed E-state index contributed by atoms with van der Waals surface area (Å²) in [4.78, 5) is 11.6. The molecule has 0 spiro atoms. The van der Waals surface area contributed by atoms with Gasteiger partial charge in [-0.05, 0) is 69.1 Å². The van der Waals surface area contributed by atoms with Crippen LogP contribution >= 0.6 is 0 Å². The van der Waals surface area contributed by atoms with Crippen molar-refractivity contribution in [2.24, 2.45) is 5.92 Å². The molecular formula is C23H33N9. The van der Waals surface area contributed by atoms with Gasteiger partial charge in [-0.1, -0.05) is 30.3 Å². The highest BCUT2D eigenvalue weighted by Crippen LogP contribution is 2.21. The van der Waals surface area contributed by atoms with Crippen molar-refractivity contribution in [2.75, 3.05) is 38.0 Å². The van der Waals surface area contributed by atoms with E-state index in [-0.39, 0.29) is 0 Å². The Hall–Kier alpha value is -2.91. The maximum Gasteiger partial charge on any atom is 0.223 e. The first kappa shape index (κ1) is 22.3. The standard InChI is InChI=1S/C23H33N9/c1-2-32(15-10-18-6-11-24-12-7-18)17-19-4-3-5-20(16-19)21-8-13-25-23(27-21)26-14-9-22-28-30-31-29-22/h3-5,8,13,16,18,24H,2,6-7,9-12,14-15,17H2,1H3,(H,25,26,27)(H,28,29,30,31). The third kappa shape index (κ3) is 6.54. The maximum atomic E-state index is 4.69. The molecule has 9 heteroatoms. The van der Waals surface area contributed by atoms with E-state index in [0.29, 0.717) is 24.7 Å². The van der Waals surface area contributed by atoms with Gasteiger partial charge in [0.1, 0.15) is 0 Å². The van der Waals surface area contributed by atoms with E-state index in [1.54, 1.807) is 6.20 Å². The maximum absolute atomic E-state index is 4.69. The Morgan fingerprint density at radius 2 is 2.09 bits per heavy atom. The quantitative estimate of drug-likeness (QED) is 0.422. The minimum absolute atomic E-state index is 0.605. The van der Waals surface area contributed by atoms with Crippen LogP contribution in [-0.2, 0) is 13.0 Å². The second kappa shape index (κ2) is 11.6. The van der Waals surface area contributed by atoms with Gasteiger partial charge in [0.05, 0.1) is 5.69 Å². The molecular weight excluding hydrogens is 402 g/mol. The summed E-state index contributed by atoms with van der Waals surface area (Å²) in [6.45, 7) is 8.44. The fourth-order valence-corrected chi connectivity index (χ4v) is 4.15. The van der Waals surface area contributed by atoms with Crippen molar-refractivity contribution in [3.05, 3.63) is 47.9 Å². The number of aromatic amines is 1. The van der Waals surface area contributed by atoms with Crippen LogP contribution in [0.5, 0.6) is 0 Å². The van der Waals surface area contributed by atoms with Crippen LogP contribution in [0, 0.1) is 5.92 Å². The molecule has 2 aromatic heterocycles. The first-order valence-corrected chi connectivity index (χ1v) is 11.6. The number of nitrogens with zero attached hydrogens (tertiary/aromatic N) is 6. The van der Waals surface area contributed by atoms with Crippen LogP contribution in [0.2, 0.25) is 0 Å². The molecule has 1 saturated heterocycles. The normalized spacial score (nSPS) is 14.7. The Balaban J connectivity index is 1.34. The number of rotatable bonds is 11. The van der Waals surface area contributed by atoms with Crippen molar-refractivity contribution in [2.45, 2.75) is 39.2 Å². The molecule has 170 valence electrons. The Morgan fingerprint density at radius 3 is 2.91 bits per heavy atom. The summed E-state index contributed by atoms with van der Waals surface area (Å²) in [5.41, 5.74) is 3.35. The lowest BCUT2D eigenvalue weighted by atomic mass is 9.94. The van der Waals surface area contributed by atoms with E-state index >= 15 is 0 Å². The Kier molecular flexibility index (Phi) is 8.11. The number of aromatic nitrogens is 6. The van der Waals surface area contributed by atoms with Gasteiger partial charge in [-0.3, -0.25) is 4.90 Å². The highest BCUT2D eigenvalue weighted by molar-refractivity contribution is 5.60. The summed E-state index contributed by atoms with van der Waals surface area (Å²) >= 11 is 0. The number of nitrogens with one attached hydrogen (secondary N) is 3. The average molecular weight is 436 g/mol. The van der Waals surface area contributed by atoms with Gasteiger partial charge in [-0.15, -0.1) is 10.2 Å². The van der Waals surface area contributed by atoms with Gasteiger partial charge in [0, 0.05) is 31.3 Å². The molecule has 4 rings (SSSR count). The molecule has 3 aromatic rings. The van der Waals surface area contributed by atoms with E-state index < -0.39 is 0 Å². The fraction of sp³-hybridized carbons (Fsp3) is 0.522. The molecule has 3 heterocycles. The summed E-state index contributed by atoms with van der Waals surface area (Å²) in [5.74, 6) is 2.14. The number of piperidine rings is 1. The van der Waals surface area contributed by atoms with Crippen LogP contribution in [0.1, 0.15) is 37.6 Å². The van der Waals surface area contributed by atoms with E-state index in [4.69, 9.17) is 4.98 Å². The summed E-state index contributed by atoms with van der Waals surface area (Å²) in [5, 5.41) is 20.6. The van der Waals surface area contributed by atoms with Crippen LogP contribution in [0.3, 0.4) is 0 Å². The van der Waals surface area contributed by atoms with E-state index in [9.17, 15) is 0 Å². The van der Waals surface area contributed by atoms with Crippen molar-refractivity contribution in [3.8, 4) is 11.3 Å². The fourth-order valence-electron chi connectivity index (χ4n) is 4.15. The van der Waals surface area contributed by atoms with Gasteiger partial charge >= 0.3 is 0 Å². The SMILES string of the molecule is CCN(CCC1CCNCC1)Cc1cccc(-c2ccnc(NCCc3nn[nH]n3)n2)c1. The zero-order chi connectivity index (χ0) is 22.0. The van der Waals surface area contributed by atoms with Crippen molar-refractivity contribution in [3.63, 3.8) is 0 Å². The highest BCUT2D eigenvalue weighted by Gasteiger charge is 2.14. The van der Waals surface area contributed by atoms with Gasteiger partial charge in [0.15, 0.2) is 5.82 Å². The summed E-state index contributed by atoms with van der Waals surface area (Å²) in [6.07, 6.45) is 6.37. The molecule has 1 aliphatic rings. The van der Waals surface area contributed by atoms with Crippen LogP contribution < -0.4 is 10.6 Å². The minimum atomic E-state index is 0.605. The number of hydrogen-bond donors (Lipinski definition) is 3. The Labute approximate surface area is 189 Å². The van der Waals surface area contributed by atoms with Crippen LogP contribution in [0.4, 0.5) is 5.95 Å². The molecule has 0 aliphatic carbocycles. The van der Waals surface area contributed by atoms with Crippen molar-refractivity contribution in [1.29, 1.82) is 0 Å². The second-order valence-electron chi connectivity index (χ2n) is 8.32. The molecule has 0 atom stereocenters. The highest BCUT2D eigenvalue weighted by atomic mass is 15.5. The molecule has 9 nitrogen and oxygen atoms in total. The Bertz CT molecular complexity index is 938. The lowest BCUT2D eigenvalue weighted by molar-refractivity contribution is 0.238. The smallest absolute Gasteiger partial charge is 0.223 e. The number of tetrazole rings is 1. The van der Waals surface area contributed by atoms with Crippen molar-refractivity contribution >= 4 is 5.95 Å². The van der Waals surface area contributed by atoms with Gasteiger partial charge in [-0.25, -0.2) is 9.97 Å². The van der Waals surface area contributed by atoms with Gasteiger partial charge in [0.2, 0.25) is 5.95 Å². The zero-order valence-corrected chi connectivity index (χ0v) is 18.8. The monoisotopic (exact) mass is 435 g/mol. The second-order valence-corrected chi connectivity index (χ2v) is 8.32. The van der Waals surface area contributed by atoms with E-state index in [1.165, 1.54) is 37.9 Å². The molecule has 0 unspecified atom stereocenters. The van der Waals surface area contributed by atoms with Gasteiger partial charge < -0.3 is 10.6 Å². The molecule has 0 amide bonds. The third-order valence-corrected chi connectivity index (χ3v) is 6.06. The third-order valence-electron chi connectivity index (χ3n) is 6.06. The minimum Gasteiger partial charge on any atom is -0.354 e. The lowest BCUT2D eigenvalue weighted by Crippen LogP contribution is -2.31. The van der Waals surface area contributed by atoms with E-state index in [1.807, 2.05) is 6.07 Å². The topological polar surface area (TPSA) is 108 Å². The zero-order valence-electron chi connectivity index (χ0n) is 18.8. The molecule has 1 aliphatic heterocycles. The lowest BCUT2D eigenvalue weighted by Gasteiger charge is -2.26. The number of anilines is 1. The predicted octanol–water partition coefficient (Wildman–Crippen LogP) is 2.52. The van der Waals surface area contributed by atoms with Crippen LogP contribution in [-0.4, -0.2) is 68.2 Å². The summed E-state index contributed by atoms with van der Waals surface area (Å²) in [6, 6.07) is 10.6. The first-order chi connectivity index (χ1) is 15.8. The molecule has 3 N–H and O–H groups in total. The number of hydrogen-bond acceptors (Lipinski definition) is 8. The van der Waals surface area contributed by atoms with Gasteiger partial charge in [0.25, 0.3) is 0 Å². The Morgan fingerprint density at radius 1 is 1.19 bits per heavy atom. The average Bonchev–Trinajstić information content (AvgIpc) is 3.36. The van der Waals surface area contributed by atoms with Crippen LogP contribution in [0.25, 0.3) is 11.3 Å². The molecule has 0 radical (unpaired) electrons. The van der Waals surface area contributed by atoms with Gasteiger partial charge in [-0.2, -0.15) is 5.21 Å². The van der Waals surface area contributed by atoms with Crippen molar-refractivity contribution < 1.29 is 0 Å². The molecule has 1 fully saturated rings. The number of benzene rings is 1. The summed E-state index contributed by atoms with van der Waals surface area (Å²) in [7, 11) is 0. The number of H-pyrrole nitrogens is 1. The molecule has 0 saturated carbocycles. The first-order valence-electron chi connectivity index (χ1n) is 11.6. The van der Waals surface area contributed by atoms with E-state index in [0.717, 1.165) is 36.8 Å². The summed E-state index contributed by atoms with van der Waals surface area (Å²) < 4.78 is 0. The largest absolute Gasteiger partial charge is 0.354 e. The van der Waals surface area contributed by atoms with E-state index in [2.05, 4.69) is 72.3 Å². The molecule has 0 bridgehead atoms.